The first-order chi connectivity index (χ1) is 9.84. The number of anilines is 2. The first-order valence-electron chi connectivity index (χ1n) is 7.18. The summed E-state index contributed by atoms with van der Waals surface area (Å²) in [6, 6.07) is 7.00. The summed E-state index contributed by atoms with van der Waals surface area (Å²) in [6.45, 7) is 1.82. The molecule has 1 unspecified atom stereocenters. The second kappa shape index (κ2) is 4.51. The topological polar surface area (TPSA) is 41.9 Å². The minimum atomic E-state index is -0.146. The van der Waals surface area contributed by atoms with Crippen LogP contribution in [0.3, 0.4) is 0 Å². The highest BCUT2D eigenvalue weighted by atomic mass is 19.1. The third-order valence-electron chi connectivity index (χ3n) is 4.17. The molecule has 0 amide bonds. The van der Waals surface area contributed by atoms with Crippen LogP contribution in [0.25, 0.3) is 0 Å². The zero-order valence-electron chi connectivity index (χ0n) is 11.2. The maximum atomic E-state index is 14.1. The molecule has 0 saturated carbocycles. The average Bonchev–Trinajstić information content (AvgIpc) is 2.86. The van der Waals surface area contributed by atoms with E-state index in [1.807, 2.05) is 16.8 Å². The van der Waals surface area contributed by atoms with Crippen molar-refractivity contribution in [3.8, 4) is 0 Å². The minimum absolute atomic E-state index is 0.0140. The summed E-state index contributed by atoms with van der Waals surface area (Å²) in [5.41, 5.74) is 1.98. The summed E-state index contributed by atoms with van der Waals surface area (Å²) < 4.78 is 16.0. The average molecular weight is 272 g/mol. The molecule has 0 radical (unpaired) electrons. The molecular weight excluding hydrogens is 255 g/mol. The Balaban J connectivity index is 1.83. The lowest BCUT2D eigenvalue weighted by atomic mass is 10.0. The quantitative estimate of drug-likeness (QED) is 0.839. The van der Waals surface area contributed by atoms with Crippen molar-refractivity contribution in [1.82, 2.24) is 9.78 Å². The van der Waals surface area contributed by atoms with E-state index in [0.717, 1.165) is 49.6 Å². The van der Waals surface area contributed by atoms with Crippen molar-refractivity contribution < 1.29 is 4.39 Å². The van der Waals surface area contributed by atoms with Crippen molar-refractivity contribution in [3.63, 3.8) is 0 Å². The van der Waals surface area contributed by atoms with E-state index in [9.17, 15) is 4.39 Å². The Hall–Kier alpha value is -2.04. The number of benzene rings is 1. The molecule has 1 aromatic heterocycles. The first-order valence-corrected chi connectivity index (χ1v) is 7.18. The molecule has 1 aromatic carbocycles. The molecule has 3 heterocycles. The summed E-state index contributed by atoms with van der Waals surface area (Å²) in [6.07, 6.45) is 3.01. The molecule has 0 saturated heterocycles. The van der Waals surface area contributed by atoms with E-state index in [0.29, 0.717) is 0 Å². The number of nitrogens with zero attached hydrogens (tertiary/aromatic N) is 2. The zero-order valence-corrected chi connectivity index (χ0v) is 11.2. The second-order valence-electron chi connectivity index (χ2n) is 5.40. The molecule has 20 heavy (non-hydrogen) atoms. The normalized spacial score (nSPS) is 20.6. The number of aromatic nitrogens is 2. The van der Waals surface area contributed by atoms with Crippen LogP contribution in [0.5, 0.6) is 0 Å². The molecular formula is C15H17FN4. The van der Waals surface area contributed by atoms with Gasteiger partial charge in [-0.25, -0.2) is 9.07 Å². The molecule has 0 fully saturated rings. The van der Waals surface area contributed by atoms with E-state index in [1.54, 1.807) is 6.07 Å². The summed E-state index contributed by atoms with van der Waals surface area (Å²) in [7, 11) is 0. The second-order valence-corrected chi connectivity index (χ2v) is 5.40. The van der Waals surface area contributed by atoms with Gasteiger partial charge in [-0.3, -0.25) is 0 Å². The molecule has 2 aliphatic rings. The fourth-order valence-electron chi connectivity index (χ4n) is 3.21. The number of hydrogen-bond donors (Lipinski definition) is 2. The van der Waals surface area contributed by atoms with Crippen LogP contribution in [-0.4, -0.2) is 22.9 Å². The van der Waals surface area contributed by atoms with E-state index in [-0.39, 0.29) is 11.9 Å². The largest absolute Gasteiger partial charge is 0.370 e. The van der Waals surface area contributed by atoms with Gasteiger partial charge in [-0.15, -0.1) is 0 Å². The van der Waals surface area contributed by atoms with Crippen molar-refractivity contribution in [1.29, 1.82) is 0 Å². The number of halogens is 1. The molecule has 5 heteroatoms. The first kappa shape index (κ1) is 11.8. The van der Waals surface area contributed by atoms with Crippen LogP contribution < -0.4 is 10.6 Å². The van der Waals surface area contributed by atoms with Crippen LogP contribution in [0.1, 0.15) is 30.0 Å². The van der Waals surface area contributed by atoms with Crippen molar-refractivity contribution in [2.75, 3.05) is 23.7 Å². The monoisotopic (exact) mass is 272 g/mol. The maximum Gasteiger partial charge on any atom is 0.153 e. The lowest BCUT2D eigenvalue weighted by molar-refractivity contribution is 0.459. The van der Waals surface area contributed by atoms with Gasteiger partial charge in [-0.05, 0) is 25.3 Å². The standard InChI is InChI=1S/C15H17FN4/c16-12-6-2-1-4-10(12)13-7-9-18-15-11-5-3-8-17-14(11)19-20(13)15/h1-2,4,6,13,18H,3,5,7-9H2,(H,17,19). The lowest BCUT2D eigenvalue weighted by Crippen LogP contribution is -2.25. The van der Waals surface area contributed by atoms with Gasteiger partial charge in [0.15, 0.2) is 5.82 Å². The Kier molecular flexibility index (Phi) is 2.65. The Labute approximate surface area is 117 Å². The van der Waals surface area contributed by atoms with E-state index in [2.05, 4.69) is 15.7 Å². The van der Waals surface area contributed by atoms with Gasteiger partial charge >= 0.3 is 0 Å². The van der Waals surface area contributed by atoms with Crippen LogP contribution in [0.4, 0.5) is 16.0 Å². The molecule has 4 nitrogen and oxygen atoms in total. The van der Waals surface area contributed by atoms with Crippen LogP contribution in [0.2, 0.25) is 0 Å². The summed E-state index contributed by atoms with van der Waals surface area (Å²) in [4.78, 5) is 0. The zero-order chi connectivity index (χ0) is 13.5. The molecule has 1 atom stereocenters. The highest BCUT2D eigenvalue weighted by Gasteiger charge is 2.29. The van der Waals surface area contributed by atoms with Gasteiger partial charge in [0.1, 0.15) is 11.6 Å². The number of rotatable bonds is 1. The fraction of sp³-hybridized carbons (Fsp3) is 0.400. The van der Waals surface area contributed by atoms with Gasteiger partial charge < -0.3 is 10.6 Å². The third-order valence-corrected chi connectivity index (χ3v) is 4.17. The van der Waals surface area contributed by atoms with Gasteiger partial charge in [0.25, 0.3) is 0 Å². The Bertz CT molecular complexity index is 649. The Morgan fingerprint density at radius 1 is 1.20 bits per heavy atom. The number of hydrogen-bond acceptors (Lipinski definition) is 3. The van der Waals surface area contributed by atoms with Crippen molar-refractivity contribution in [2.24, 2.45) is 0 Å². The van der Waals surface area contributed by atoms with Gasteiger partial charge in [0.05, 0.1) is 6.04 Å². The number of fused-ring (bicyclic) bond motifs is 3. The smallest absolute Gasteiger partial charge is 0.153 e. The lowest BCUT2D eigenvalue weighted by Gasteiger charge is -2.27. The summed E-state index contributed by atoms with van der Waals surface area (Å²) >= 11 is 0. The highest BCUT2D eigenvalue weighted by molar-refractivity contribution is 5.62. The van der Waals surface area contributed by atoms with E-state index >= 15 is 0 Å². The molecule has 2 aliphatic heterocycles. The molecule has 2 N–H and O–H groups in total. The predicted octanol–water partition coefficient (Wildman–Crippen LogP) is 2.79. The minimum Gasteiger partial charge on any atom is -0.370 e. The number of nitrogens with one attached hydrogen (secondary N) is 2. The van der Waals surface area contributed by atoms with Crippen molar-refractivity contribution >= 4 is 11.6 Å². The molecule has 4 rings (SSSR count). The van der Waals surface area contributed by atoms with Crippen molar-refractivity contribution in [3.05, 3.63) is 41.2 Å². The molecule has 0 aliphatic carbocycles. The predicted molar refractivity (Wildman–Crippen MR) is 76.7 cm³/mol. The van der Waals surface area contributed by atoms with Crippen molar-refractivity contribution in [2.45, 2.75) is 25.3 Å². The van der Waals surface area contributed by atoms with Crippen LogP contribution >= 0.6 is 0 Å². The van der Waals surface area contributed by atoms with E-state index in [4.69, 9.17) is 0 Å². The Morgan fingerprint density at radius 3 is 3.00 bits per heavy atom. The molecule has 0 spiro atoms. The summed E-state index contributed by atoms with van der Waals surface area (Å²) in [5, 5.41) is 11.4. The molecule has 104 valence electrons. The molecule has 0 bridgehead atoms. The van der Waals surface area contributed by atoms with Crippen LogP contribution in [0.15, 0.2) is 24.3 Å². The van der Waals surface area contributed by atoms with E-state index < -0.39 is 0 Å². The van der Waals surface area contributed by atoms with Gasteiger partial charge in [-0.1, -0.05) is 18.2 Å². The van der Waals surface area contributed by atoms with Crippen LogP contribution in [0, 0.1) is 5.82 Å². The SMILES string of the molecule is Fc1ccccc1C1CCNc2c3c(nn21)NCCC3. The van der Waals surface area contributed by atoms with Crippen LogP contribution in [-0.2, 0) is 6.42 Å². The highest BCUT2D eigenvalue weighted by Crippen LogP contribution is 2.37. The summed E-state index contributed by atoms with van der Waals surface area (Å²) in [5.74, 6) is 1.88. The van der Waals surface area contributed by atoms with E-state index in [1.165, 1.54) is 11.6 Å². The van der Waals surface area contributed by atoms with Gasteiger partial charge in [0.2, 0.25) is 0 Å². The Morgan fingerprint density at radius 2 is 2.10 bits per heavy atom. The van der Waals surface area contributed by atoms with Gasteiger partial charge in [-0.2, -0.15) is 5.10 Å². The van der Waals surface area contributed by atoms with Gasteiger partial charge in [0, 0.05) is 24.2 Å². The maximum absolute atomic E-state index is 14.1. The molecule has 2 aromatic rings. The third kappa shape index (κ3) is 1.69. The fourth-order valence-corrected chi connectivity index (χ4v) is 3.21.